The lowest BCUT2D eigenvalue weighted by molar-refractivity contribution is 0.361. The fourth-order valence-electron chi connectivity index (χ4n) is 0.609. The molecule has 0 aliphatic carbocycles. The molecule has 0 fully saturated rings. The van der Waals surface area contributed by atoms with Crippen molar-refractivity contribution in [1.29, 1.82) is 0 Å². The molecular formula is C11H27ClN2O7P2S2. The van der Waals surface area contributed by atoms with Crippen molar-refractivity contribution in [1.82, 2.24) is 9.97 Å². The molecule has 0 aliphatic rings. The summed E-state index contributed by atoms with van der Waals surface area (Å²) >= 11 is 12.7. The maximum Gasteiger partial charge on any atom is 0.319 e. The van der Waals surface area contributed by atoms with E-state index in [0.717, 1.165) is 5.69 Å². The summed E-state index contributed by atoms with van der Waals surface area (Å²) in [6.45, 7) is 2.47. The van der Waals surface area contributed by atoms with Gasteiger partial charge in [-0.2, -0.15) is 4.98 Å². The van der Waals surface area contributed by atoms with E-state index in [0.29, 0.717) is 5.88 Å². The molecule has 6 N–H and O–H groups in total. The van der Waals surface area contributed by atoms with Gasteiger partial charge in [0, 0.05) is 11.8 Å². The number of rotatable bonds is 1. The van der Waals surface area contributed by atoms with E-state index in [9.17, 15) is 0 Å². The predicted molar refractivity (Wildman–Crippen MR) is 108 cm³/mol. The molecule has 0 aliphatic heterocycles. The molecule has 9 nitrogen and oxygen atoms in total. The van der Waals surface area contributed by atoms with E-state index < -0.39 is 13.4 Å². The molecule has 1 rings (SSSR count). The number of halogens is 1. The Labute approximate surface area is 163 Å². The van der Waals surface area contributed by atoms with Crippen LogP contribution < -0.4 is 4.74 Å². The van der Waals surface area contributed by atoms with E-state index in [-0.39, 0.29) is 5.28 Å². The van der Waals surface area contributed by atoms with Crippen LogP contribution in [-0.2, 0) is 23.6 Å². The van der Waals surface area contributed by atoms with Crippen molar-refractivity contribution in [3.05, 3.63) is 17.0 Å². The van der Waals surface area contributed by atoms with Crippen molar-refractivity contribution in [2.24, 2.45) is 0 Å². The molecule has 0 amide bonds. The average molecular weight is 461 g/mol. The molecule has 0 saturated carbocycles. The zero-order valence-corrected chi connectivity index (χ0v) is 19.0. The Hall–Kier alpha value is 0.230. The summed E-state index contributed by atoms with van der Waals surface area (Å²) in [5.74, 6) is 0.498. The third-order valence-corrected chi connectivity index (χ3v) is 1.18. The quantitative estimate of drug-likeness (QED) is 0.270. The molecule has 1 aromatic heterocycles. The first-order valence-electron chi connectivity index (χ1n) is 6.75. The van der Waals surface area contributed by atoms with Crippen LogP contribution in [0.25, 0.3) is 0 Å². The summed E-state index contributed by atoms with van der Waals surface area (Å²) in [5, 5.41) is 0.219. The van der Waals surface area contributed by atoms with Gasteiger partial charge in [-0.1, -0.05) is 34.1 Å². The fourth-order valence-corrected chi connectivity index (χ4v) is 0.826. The van der Waals surface area contributed by atoms with Crippen molar-refractivity contribution >= 4 is 48.7 Å². The largest absolute Gasteiger partial charge is 0.481 e. The number of nitrogens with zero attached hydrogens (tertiary/aromatic N) is 2. The minimum Gasteiger partial charge on any atom is -0.481 e. The number of methoxy groups -OCH3 is 1. The van der Waals surface area contributed by atoms with E-state index in [1.165, 1.54) is 13.5 Å². The standard InChI is InChI=1S/C6H7ClN2O.C3H8.C2H6.2H3O3PS/c1-4-3-5(10-2)9-6(7)8-4;1-3-2;1-2;2*1-4(2,3)5/h3H,1-2H3;3H2,1-2H3;1-2H3;2*(H3,1,2,3,5). The Morgan fingerprint density at radius 3 is 1.48 bits per heavy atom. The van der Waals surface area contributed by atoms with Crippen molar-refractivity contribution in [2.75, 3.05) is 7.11 Å². The summed E-state index contributed by atoms with van der Waals surface area (Å²) in [7, 11) is 1.54. The van der Waals surface area contributed by atoms with Gasteiger partial charge in [0.05, 0.1) is 7.11 Å². The molecule has 0 unspecified atom stereocenters. The topological polar surface area (TPSA) is 156 Å². The second kappa shape index (κ2) is 19.0. The Kier molecular flexibility index (Phi) is 25.0. The molecule has 0 spiro atoms. The van der Waals surface area contributed by atoms with E-state index in [4.69, 9.17) is 45.7 Å². The Bertz CT molecular complexity index is 472. The van der Waals surface area contributed by atoms with Crippen molar-refractivity contribution < 1.29 is 34.1 Å². The first-order chi connectivity index (χ1) is 11.1. The Morgan fingerprint density at radius 1 is 1.00 bits per heavy atom. The van der Waals surface area contributed by atoms with Crippen LogP contribution in [0.4, 0.5) is 0 Å². The molecule has 14 heteroatoms. The van der Waals surface area contributed by atoms with Gasteiger partial charge in [-0.3, -0.25) is 0 Å². The van der Waals surface area contributed by atoms with Crippen LogP contribution in [0.2, 0.25) is 5.28 Å². The van der Waals surface area contributed by atoms with E-state index >= 15 is 0 Å². The molecule has 1 heterocycles. The lowest BCUT2D eigenvalue weighted by atomic mass is 10.4. The van der Waals surface area contributed by atoms with Crippen molar-refractivity contribution in [2.45, 2.75) is 41.0 Å². The highest BCUT2D eigenvalue weighted by atomic mass is 35.5. The van der Waals surface area contributed by atoms with Crippen molar-refractivity contribution in [3.63, 3.8) is 0 Å². The van der Waals surface area contributed by atoms with Crippen LogP contribution in [0.1, 0.15) is 39.8 Å². The molecule has 0 radical (unpaired) electrons. The molecule has 0 aromatic carbocycles. The SMILES string of the molecule is CC.CCC.COc1cc(C)nc(Cl)n1.OP(O)(O)=S.OP(O)(O)=S. The van der Waals surface area contributed by atoms with Gasteiger partial charge in [-0.25, -0.2) is 4.98 Å². The molecule has 0 saturated heterocycles. The summed E-state index contributed by atoms with van der Waals surface area (Å²) in [6.07, 6.45) is 1.25. The lowest BCUT2D eigenvalue weighted by Crippen LogP contribution is -1.91. The normalized spacial score (nSPS) is 9.48. The summed E-state index contributed by atoms with van der Waals surface area (Å²) < 4.78 is 4.84. The highest BCUT2D eigenvalue weighted by Crippen LogP contribution is 2.26. The lowest BCUT2D eigenvalue weighted by Gasteiger charge is -1.98. The summed E-state index contributed by atoms with van der Waals surface area (Å²) in [6, 6.07) is 1.71. The van der Waals surface area contributed by atoms with Gasteiger partial charge >= 0.3 is 13.4 Å². The Morgan fingerprint density at radius 2 is 1.28 bits per heavy atom. The molecular weight excluding hydrogens is 434 g/mol. The highest BCUT2D eigenvalue weighted by Gasteiger charge is 1.97. The van der Waals surface area contributed by atoms with Gasteiger partial charge < -0.3 is 34.1 Å². The second-order valence-corrected chi connectivity index (χ2v) is 8.88. The van der Waals surface area contributed by atoms with Crippen LogP contribution in [-0.4, -0.2) is 46.4 Å². The number of ether oxygens (including phenoxy) is 1. The van der Waals surface area contributed by atoms with Crippen LogP contribution in [0.5, 0.6) is 5.88 Å². The first-order valence-corrected chi connectivity index (χ1v) is 12.5. The molecule has 25 heavy (non-hydrogen) atoms. The van der Waals surface area contributed by atoms with Crippen LogP contribution >= 0.6 is 25.0 Å². The third-order valence-electron chi connectivity index (χ3n) is 1.01. The van der Waals surface area contributed by atoms with Gasteiger partial charge in [-0.15, -0.1) is 0 Å². The third kappa shape index (κ3) is 59.1. The summed E-state index contributed by atoms with van der Waals surface area (Å²) in [4.78, 5) is 53.0. The number of hydrogen-bond donors (Lipinski definition) is 6. The number of aryl methyl sites for hydroxylation is 1. The van der Waals surface area contributed by atoms with E-state index in [1.807, 2.05) is 20.8 Å². The van der Waals surface area contributed by atoms with Gasteiger partial charge in [-0.05, 0) is 42.1 Å². The predicted octanol–water partition coefficient (Wildman–Crippen LogP) is 2.27. The van der Waals surface area contributed by atoms with Gasteiger partial charge in [0.1, 0.15) is 0 Å². The minimum absolute atomic E-state index is 0.219. The zero-order chi connectivity index (χ0) is 21.3. The highest BCUT2D eigenvalue weighted by molar-refractivity contribution is 8.06. The summed E-state index contributed by atoms with van der Waals surface area (Å²) in [5.41, 5.74) is 0.803. The van der Waals surface area contributed by atoms with Crippen molar-refractivity contribution in [3.8, 4) is 5.88 Å². The monoisotopic (exact) mass is 460 g/mol. The van der Waals surface area contributed by atoms with E-state index in [1.54, 1.807) is 6.07 Å². The smallest absolute Gasteiger partial charge is 0.319 e. The first kappa shape index (κ1) is 32.9. The maximum absolute atomic E-state index is 7.56. The fraction of sp³-hybridized carbons (Fsp3) is 0.636. The minimum atomic E-state index is -3.81. The second-order valence-electron chi connectivity index (χ2n) is 3.55. The number of hydrogen-bond acceptors (Lipinski definition) is 5. The number of aromatic nitrogens is 2. The molecule has 0 atom stereocenters. The average Bonchev–Trinajstić information content (AvgIpc) is 2.37. The van der Waals surface area contributed by atoms with Gasteiger partial charge in [0.15, 0.2) is 0 Å². The molecule has 152 valence electrons. The molecule has 1 aromatic rings. The van der Waals surface area contributed by atoms with E-state index in [2.05, 4.69) is 47.4 Å². The van der Waals surface area contributed by atoms with Gasteiger partial charge in [0.25, 0.3) is 0 Å². The Balaban J connectivity index is -0.000000126. The van der Waals surface area contributed by atoms with Gasteiger partial charge in [0.2, 0.25) is 11.2 Å². The van der Waals surface area contributed by atoms with Crippen LogP contribution in [0.15, 0.2) is 6.07 Å². The maximum atomic E-state index is 7.56. The van der Waals surface area contributed by atoms with Crippen LogP contribution in [0.3, 0.4) is 0 Å². The molecule has 0 bridgehead atoms. The van der Waals surface area contributed by atoms with Crippen LogP contribution in [0, 0.1) is 6.92 Å². The zero-order valence-electron chi connectivity index (χ0n) is 14.9.